The van der Waals surface area contributed by atoms with E-state index in [1.54, 1.807) is 48.5 Å². The predicted molar refractivity (Wildman–Crippen MR) is 133 cm³/mol. The van der Waals surface area contributed by atoms with Crippen LogP contribution in [0.15, 0.2) is 60.7 Å². The smallest absolute Gasteiger partial charge is 0.281 e. The summed E-state index contributed by atoms with van der Waals surface area (Å²) in [6, 6.07) is 17.0. The lowest BCUT2D eigenvalue weighted by Crippen LogP contribution is -2.41. The van der Waals surface area contributed by atoms with E-state index in [0.29, 0.717) is 33.7 Å². The van der Waals surface area contributed by atoms with Gasteiger partial charge in [-0.2, -0.15) is 0 Å². The SMILES string of the molecule is Cc1ccc(C(=O)Nc2ccc(C(=O)NNC(=O)c3sc4cc5c(cc4c3Cl)OCO5)cc2)cc1. The number of halogens is 1. The minimum atomic E-state index is -0.548. The Hall–Kier alpha value is -4.08. The Labute approximate surface area is 208 Å². The molecular weight excluding hydrogens is 490 g/mol. The Morgan fingerprint density at radius 3 is 2.14 bits per heavy atom. The van der Waals surface area contributed by atoms with Crippen LogP contribution in [0.4, 0.5) is 5.69 Å². The molecule has 0 spiro atoms. The summed E-state index contributed by atoms with van der Waals surface area (Å²) >= 11 is 7.58. The Kier molecular flexibility index (Phi) is 6.02. The molecule has 35 heavy (non-hydrogen) atoms. The maximum Gasteiger partial charge on any atom is 0.281 e. The van der Waals surface area contributed by atoms with E-state index >= 15 is 0 Å². The van der Waals surface area contributed by atoms with Crippen LogP contribution >= 0.6 is 22.9 Å². The van der Waals surface area contributed by atoms with Gasteiger partial charge in [0.25, 0.3) is 17.7 Å². The summed E-state index contributed by atoms with van der Waals surface area (Å²) < 4.78 is 11.5. The summed E-state index contributed by atoms with van der Waals surface area (Å²) in [5, 5.41) is 3.71. The Morgan fingerprint density at radius 2 is 1.43 bits per heavy atom. The van der Waals surface area contributed by atoms with Gasteiger partial charge in [0.2, 0.25) is 6.79 Å². The molecule has 0 unspecified atom stereocenters. The Morgan fingerprint density at radius 1 is 0.829 bits per heavy atom. The lowest BCUT2D eigenvalue weighted by atomic mass is 10.1. The van der Waals surface area contributed by atoms with E-state index in [4.69, 9.17) is 21.1 Å². The molecule has 0 aliphatic carbocycles. The third-order valence-corrected chi connectivity index (χ3v) is 6.99. The van der Waals surface area contributed by atoms with Crippen LogP contribution in [-0.4, -0.2) is 24.5 Å². The molecule has 176 valence electrons. The summed E-state index contributed by atoms with van der Waals surface area (Å²) in [7, 11) is 0. The summed E-state index contributed by atoms with van der Waals surface area (Å²) in [4.78, 5) is 37.7. The Bertz CT molecular complexity index is 1470. The van der Waals surface area contributed by atoms with E-state index in [1.807, 2.05) is 19.1 Å². The molecule has 1 aromatic heterocycles. The van der Waals surface area contributed by atoms with Gasteiger partial charge < -0.3 is 14.8 Å². The van der Waals surface area contributed by atoms with Crippen LogP contribution < -0.4 is 25.6 Å². The zero-order valence-electron chi connectivity index (χ0n) is 18.3. The summed E-state index contributed by atoms with van der Waals surface area (Å²) in [6.45, 7) is 2.09. The number of hydrogen-bond acceptors (Lipinski definition) is 6. The van der Waals surface area contributed by atoms with E-state index in [9.17, 15) is 14.4 Å². The van der Waals surface area contributed by atoms with Gasteiger partial charge in [0.15, 0.2) is 11.5 Å². The number of benzene rings is 3. The highest BCUT2D eigenvalue weighted by molar-refractivity contribution is 7.21. The first kappa shape index (κ1) is 22.7. The first-order valence-corrected chi connectivity index (χ1v) is 11.7. The molecule has 0 atom stereocenters. The fourth-order valence-corrected chi connectivity index (χ4v) is 4.87. The normalized spacial score (nSPS) is 11.8. The van der Waals surface area contributed by atoms with Crippen LogP contribution in [-0.2, 0) is 0 Å². The van der Waals surface area contributed by atoms with Crippen molar-refractivity contribution in [2.45, 2.75) is 6.92 Å². The van der Waals surface area contributed by atoms with Crippen molar-refractivity contribution in [2.75, 3.05) is 12.1 Å². The minimum absolute atomic E-state index is 0.143. The minimum Gasteiger partial charge on any atom is -0.454 e. The maximum atomic E-state index is 12.6. The van der Waals surface area contributed by atoms with Gasteiger partial charge in [0.1, 0.15) is 4.88 Å². The zero-order chi connectivity index (χ0) is 24.5. The van der Waals surface area contributed by atoms with Crippen LogP contribution in [0.2, 0.25) is 5.02 Å². The fraction of sp³-hybridized carbons (Fsp3) is 0.0800. The van der Waals surface area contributed by atoms with Crippen molar-refractivity contribution in [1.82, 2.24) is 10.9 Å². The van der Waals surface area contributed by atoms with Crippen molar-refractivity contribution >= 4 is 56.4 Å². The highest BCUT2D eigenvalue weighted by Gasteiger charge is 2.22. The van der Waals surface area contributed by atoms with Crippen molar-refractivity contribution in [3.63, 3.8) is 0 Å². The number of aryl methyl sites for hydroxylation is 1. The van der Waals surface area contributed by atoms with Crippen LogP contribution in [0.1, 0.15) is 36.0 Å². The molecule has 10 heteroatoms. The molecule has 3 N–H and O–H groups in total. The number of carbonyl (C=O) groups excluding carboxylic acids is 3. The van der Waals surface area contributed by atoms with E-state index < -0.39 is 11.8 Å². The molecule has 1 aliphatic heterocycles. The number of ether oxygens (including phenoxy) is 2. The molecule has 0 fully saturated rings. The van der Waals surface area contributed by atoms with Gasteiger partial charge in [-0.25, -0.2) is 0 Å². The quantitative estimate of drug-likeness (QED) is 0.340. The topological polar surface area (TPSA) is 106 Å². The molecule has 0 saturated carbocycles. The van der Waals surface area contributed by atoms with Crippen molar-refractivity contribution in [2.24, 2.45) is 0 Å². The van der Waals surface area contributed by atoms with Gasteiger partial charge in [-0.3, -0.25) is 25.2 Å². The van der Waals surface area contributed by atoms with Crippen LogP contribution in [0.5, 0.6) is 11.5 Å². The number of fused-ring (bicyclic) bond motifs is 2. The molecule has 8 nitrogen and oxygen atoms in total. The standard InChI is InChI=1S/C25H18ClN3O5S/c1-13-2-4-14(5-3-13)23(30)27-16-8-6-15(7-9-16)24(31)28-29-25(32)22-21(26)17-10-18-19(34-12-33-18)11-20(17)35-22/h2-11H,12H2,1H3,(H,27,30)(H,28,31)(H,29,32). The zero-order valence-corrected chi connectivity index (χ0v) is 19.9. The highest BCUT2D eigenvalue weighted by Crippen LogP contribution is 2.43. The van der Waals surface area contributed by atoms with Gasteiger partial charge in [-0.05, 0) is 49.4 Å². The van der Waals surface area contributed by atoms with Crippen molar-refractivity contribution in [1.29, 1.82) is 0 Å². The summed E-state index contributed by atoms with van der Waals surface area (Å²) in [5.41, 5.74) is 7.19. The van der Waals surface area contributed by atoms with Gasteiger partial charge in [-0.15, -0.1) is 11.3 Å². The van der Waals surface area contributed by atoms with Gasteiger partial charge in [-0.1, -0.05) is 29.3 Å². The predicted octanol–water partition coefficient (Wildman–Crippen LogP) is 4.92. The lowest BCUT2D eigenvalue weighted by Gasteiger charge is -2.08. The lowest BCUT2D eigenvalue weighted by molar-refractivity contribution is 0.0849. The van der Waals surface area contributed by atoms with Crippen molar-refractivity contribution in [3.05, 3.63) is 87.3 Å². The average Bonchev–Trinajstić information content (AvgIpc) is 3.45. The van der Waals surface area contributed by atoms with E-state index in [0.717, 1.165) is 10.3 Å². The van der Waals surface area contributed by atoms with Crippen molar-refractivity contribution < 1.29 is 23.9 Å². The first-order chi connectivity index (χ1) is 16.9. The summed E-state index contributed by atoms with van der Waals surface area (Å²) in [6.07, 6.45) is 0. The van der Waals surface area contributed by atoms with Gasteiger partial charge in [0, 0.05) is 33.0 Å². The Balaban J connectivity index is 1.21. The molecular formula is C25H18ClN3O5S. The number of hydrazine groups is 1. The van der Waals surface area contributed by atoms with Crippen LogP contribution in [0, 0.1) is 6.92 Å². The number of nitrogens with one attached hydrogen (secondary N) is 3. The third kappa shape index (κ3) is 4.64. The molecule has 4 aromatic rings. The van der Waals surface area contributed by atoms with E-state index in [-0.39, 0.29) is 22.6 Å². The van der Waals surface area contributed by atoms with Gasteiger partial charge in [0.05, 0.1) is 5.02 Å². The second-order valence-corrected chi connectivity index (χ2v) is 9.18. The number of carbonyl (C=O) groups is 3. The largest absolute Gasteiger partial charge is 0.454 e. The van der Waals surface area contributed by atoms with E-state index in [1.165, 1.54) is 11.3 Å². The second kappa shape index (κ2) is 9.28. The maximum absolute atomic E-state index is 12.6. The number of amides is 3. The number of rotatable bonds is 4. The molecule has 0 radical (unpaired) electrons. The van der Waals surface area contributed by atoms with E-state index in [2.05, 4.69) is 16.2 Å². The highest BCUT2D eigenvalue weighted by atomic mass is 35.5. The molecule has 3 aromatic carbocycles. The molecule has 0 saturated heterocycles. The second-order valence-electron chi connectivity index (χ2n) is 7.75. The number of hydrogen-bond donors (Lipinski definition) is 3. The molecule has 1 aliphatic rings. The molecule has 3 amide bonds. The van der Waals surface area contributed by atoms with Crippen molar-refractivity contribution in [3.8, 4) is 11.5 Å². The van der Waals surface area contributed by atoms with Gasteiger partial charge >= 0.3 is 0 Å². The first-order valence-electron chi connectivity index (χ1n) is 10.5. The van der Waals surface area contributed by atoms with Crippen LogP contribution in [0.25, 0.3) is 10.1 Å². The fourth-order valence-electron chi connectivity index (χ4n) is 3.46. The number of thiophene rings is 1. The summed E-state index contributed by atoms with van der Waals surface area (Å²) in [5.74, 6) is -0.163. The average molecular weight is 508 g/mol. The number of anilines is 1. The van der Waals surface area contributed by atoms with Crippen LogP contribution in [0.3, 0.4) is 0 Å². The molecule has 0 bridgehead atoms. The third-order valence-electron chi connectivity index (χ3n) is 5.34. The monoisotopic (exact) mass is 507 g/mol. The molecule has 5 rings (SSSR count). The molecule has 2 heterocycles.